The van der Waals surface area contributed by atoms with E-state index in [1.54, 1.807) is 0 Å². The molecule has 1 fully saturated rings. The number of aliphatic hydroxyl groups excluding tert-OH is 1. The Morgan fingerprint density at radius 1 is 1.22 bits per heavy atom. The van der Waals surface area contributed by atoms with E-state index in [4.69, 9.17) is 0 Å². The van der Waals surface area contributed by atoms with Crippen molar-refractivity contribution >= 4 is 5.91 Å². The van der Waals surface area contributed by atoms with Gasteiger partial charge in [-0.25, -0.2) is 8.78 Å². The summed E-state index contributed by atoms with van der Waals surface area (Å²) in [5.41, 5.74) is 0.564. The number of hydrogen-bond acceptors (Lipinski definition) is 4. The number of aromatic hydroxyl groups is 1. The molecule has 23 heavy (non-hydrogen) atoms. The van der Waals surface area contributed by atoms with Crippen molar-refractivity contribution in [3.8, 4) is 5.75 Å². The predicted octanol–water partition coefficient (Wildman–Crippen LogP) is 2.01. The maximum atomic E-state index is 13.4. The Morgan fingerprint density at radius 3 is 2.70 bits per heavy atom. The van der Waals surface area contributed by atoms with Crippen LogP contribution in [0.5, 0.6) is 5.75 Å². The molecule has 1 aromatic heterocycles. The lowest BCUT2D eigenvalue weighted by atomic mass is 10.0. The van der Waals surface area contributed by atoms with Crippen LogP contribution in [-0.2, 0) is 0 Å². The molecule has 3 rings (SSSR count). The highest BCUT2D eigenvalue weighted by Gasteiger charge is 2.36. The molecule has 1 saturated heterocycles. The maximum Gasteiger partial charge on any atom is 0.256 e. The molecule has 0 bridgehead atoms. The minimum absolute atomic E-state index is 0.0676. The molecule has 2 heterocycles. The van der Waals surface area contributed by atoms with Crippen LogP contribution < -0.4 is 0 Å². The van der Waals surface area contributed by atoms with E-state index in [0.29, 0.717) is 5.56 Å². The lowest BCUT2D eigenvalue weighted by molar-refractivity contribution is 0.0714. The first-order valence-electron chi connectivity index (χ1n) is 7.03. The van der Waals surface area contributed by atoms with Crippen molar-refractivity contribution in [1.82, 2.24) is 9.88 Å². The highest BCUT2D eigenvalue weighted by molar-refractivity contribution is 5.94. The van der Waals surface area contributed by atoms with E-state index < -0.39 is 29.7 Å². The van der Waals surface area contributed by atoms with Gasteiger partial charge in [-0.1, -0.05) is 6.07 Å². The fraction of sp³-hybridized carbons (Fsp3) is 0.250. The van der Waals surface area contributed by atoms with Gasteiger partial charge in [0.1, 0.15) is 5.75 Å². The molecular weight excluding hydrogens is 306 g/mol. The first-order valence-corrected chi connectivity index (χ1v) is 7.03. The molecule has 2 atom stereocenters. The predicted molar refractivity (Wildman–Crippen MR) is 76.7 cm³/mol. The number of aliphatic hydroxyl groups is 1. The molecule has 0 radical (unpaired) electrons. The summed E-state index contributed by atoms with van der Waals surface area (Å²) < 4.78 is 26.5. The number of rotatable bonds is 2. The minimum atomic E-state index is -1.00. The maximum absolute atomic E-state index is 13.4. The number of aromatic nitrogens is 1. The third kappa shape index (κ3) is 3.00. The van der Waals surface area contributed by atoms with Crippen molar-refractivity contribution in [1.29, 1.82) is 0 Å². The standard InChI is InChI=1S/C16H14F2N2O3/c17-13-2-1-9(4-14(13)18)15-5-12(22)8-20(15)16(23)10-3-11(21)7-19-6-10/h1-4,6-7,12,15,21-22H,5,8H2. The van der Waals surface area contributed by atoms with Gasteiger partial charge in [0.2, 0.25) is 0 Å². The van der Waals surface area contributed by atoms with Crippen LogP contribution in [0.25, 0.3) is 0 Å². The zero-order chi connectivity index (χ0) is 16.6. The normalized spacial score (nSPS) is 20.7. The Morgan fingerprint density at radius 2 is 2.00 bits per heavy atom. The molecule has 2 unspecified atom stereocenters. The second-order valence-electron chi connectivity index (χ2n) is 5.47. The number of amides is 1. The summed E-state index contributed by atoms with van der Waals surface area (Å²) >= 11 is 0. The molecule has 1 aliphatic heterocycles. The third-order valence-corrected chi connectivity index (χ3v) is 3.84. The van der Waals surface area contributed by atoms with Crippen molar-refractivity contribution in [3.63, 3.8) is 0 Å². The topological polar surface area (TPSA) is 73.7 Å². The van der Waals surface area contributed by atoms with Crippen LogP contribution in [0.15, 0.2) is 36.7 Å². The summed E-state index contributed by atoms with van der Waals surface area (Å²) in [5, 5.41) is 19.3. The lowest BCUT2D eigenvalue weighted by Crippen LogP contribution is -2.31. The van der Waals surface area contributed by atoms with E-state index in [1.807, 2.05) is 0 Å². The van der Waals surface area contributed by atoms with Gasteiger partial charge in [-0.3, -0.25) is 9.78 Å². The molecule has 0 aliphatic carbocycles. The highest BCUT2D eigenvalue weighted by Crippen LogP contribution is 2.34. The molecule has 2 aromatic rings. The van der Waals surface area contributed by atoms with Crippen LogP contribution >= 0.6 is 0 Å². The Bertz CT molecular complexity index is 754. The van der Waals surface area contributed by atoms with Gasteiger partial charge in [0.15, 0.2) is 11.6 Å². The fourth-order valence-corrected chi connectivity index (χ4v) is 2.78. The number of pyridine rings is 1. The fourth-order valence-electron chi connectivity index (χ4n) is 2.78. The molecule has 0 saturated carbocycles. The summed E-state index contributed by atoms with van der Waals surface area (Å²) in [6, 6.07) is 4.10. The smallest absolute Gasteiger partial charge is 0.256 e. The molecule has 1 aliphatic rings. The second kappa shape index (κ2) is 5.92. The van der Waals surface area contributed by atoms with E-state index >= 15 is 0 Å². The van der Waals surface area contributed by atoms with Crippen LogP contribution in [0.2, 0.25) is 0 Å². The molecule has 0 spiro atoms. The van der Waals surface area contributed by atoms with E-state index in [2.05, 4.69) is 4.98 Å². The van der Waals surface area contributed by atoms with Gasteiger partial charge in [-0.2, -0.15) is 0 Å². The molecule has 5 nitrogen and oxygen atoms in total. The van der Waals surface area contributed by atoms with Gasteiger partial charge < -0.3 is 15.1 Å². The van der Waals surface area contributed by atoms with Crippen LogP contribution in [0, 0.1) is 11.6 Å². The van der Waals surface area contributed by atoms with Crippen molar-refractivity contribution in [2.24, 2.45) is 0 Å². The highest BCUT2D eigenvalue weighted by atomic mass is 19.2. The van der Waals surface area contributed by atoms with Gasteiger partial charge >= 0.3 is 0 Å². The molecular formula is C16H14F2N2O3. The number of carbonyl (C=O) groups excluding carboxylic acids is 1. The van der Waals surface area contributed by atoms with E-state index in [9.17, 15) is 23.8 Å². The summed E-state index contributed by atoms with van der Waals surface area (Å²) in [4.78, 5) is 17.7. The molecule has 7 heteroatoms. The largest absolute Gasteiger partial charge is 0.506 e. The summed E-state index contributed by atoms with van der Waals surface area (Å²) in [5.74, 6) is -2.57. The molecule has 2 N–H and O–H groups in total. The van der Waals surface area contributed by atoms with Crippen molar-refractivity contribution in [3.05, 3.63) is 59.4 Å². The average molecular weight is 320 g/mol. The number of carbonyl (C=O) groups is 1. The lowest BCUT2D eigenvalue weighted by Gasteiger charge is -2.25. The quantitative estimate of drug-likeness (QED) is 0.888. The first-order chi connectivity index (χ1) is 11.0. The summed E-state index contributed by atoms with van der Waals surface area (Å²) in [6.07, 6.45) is 1.96. The molecule has 1 amide bonds. The average Bonchev–Trinajstić information content (AvgIpc) is 2.91. The van der Waals surface area contributed by atoms with Crippen LogP contribution in [0.1, 0.15) is 28.4 Å². The summed E-state index contributed by atoms with van der Waals surface area (Å²) in [6.45, 7) is 0.0676. The third-order valence-electron chi connectivity index (χ3n) is 3.84. The number of β-amino-alcohol motifs (C(OH)–C–C–N with tert-alkyl or cyclic N) is 1. The van der Waals surface area contributed by atoms with Crippen molar-refractivity contribution in [2.45, 2.75) is 18.6 Å². The van der Waals surface area contributed by atoms with E-state index in [0.717, 1.165) is 12.1 Å². The van der Waals surface area contributed by atoms with Gasteiger partial charge in [0.05, 0.1) is 23.9 Å². The van der Waals surface area contributed by atoms with Crippen molar-refractivity contribution in [2.75, 3.05) is 6.54 Å². The zero-order valence-corrected chi connectivity index (χ0v) is 12.0. The SMILES string of the molecule is O=C(c1cncc(O)c1)N1CC(O)CC1c1ccc(F)c(F)c1. The number of halogens is 2. The van der Waals surface area contributed by atoms with Crippen LogP contribution in [0.3, 0.4) is 0 Å². The van der Waals surface area contributed by atoms with Gasteiger partial charge in [-0.15, -0.1) is 0 Å². The van der Waals surface area contributed by atoms with Crippen LogP contribution in [-0.4, -0.2) is 38.7 Å². The summed E-state index contributed by atoms with van der Waals surface area (Å²) in [7, 11) is 0. The Labute approximate surface area is 130 Å². The van der Waals surface area contributed by atoms with E-state index in [1.165, 1.54) is 29.4 Å². The minimum Gasteiger partial charge on any atom is -0.506 e. The van der Waals surface area contributed by atoms with Gasteiger partial charge in [0, 0.05) is 12.7 Å². The van der Waals surface area contributed by atoms with Crippen molar-refractivity contribution < 1.29 is 23.8 Å². The van der Waals surface area contributed by atoms with Gasteiger partial charge in [-0.05, 0) is 30.2 Å². The number of nitrogens with zero attached hydrogens (tertiary/aromatic N) is 2. The monoisotopic (exact) mass is 320 g/mol. The number of benzene rings is 1. The van der Waals surface area contributed by atoms with Gasteiger partial charge in [0.25, 0.3) is 5.91 Å². The Hall–Kier alpha value is -2.54. The number of hydrogen-bond donors (Lipinski definition) is 2. The first kappa shape index (κ1) is 15.4. The van der Waals surface area contributed by atoms with E-state index in [-0.39, 0.29) is 24.3 Å². The molecule has 1 aromatic carbocycles. The Balaban J connectivity index is 1.93. The number of likely N-dealkylation sites (tertiary alicyclic amines) is 1. The Kier molecular flexibility index (Phi) is 3.96. The zero-order valence-electron chi connectivity index (χ0n) is 12.0. The molecule has 120 valence electrons. The second-order valence-corrected chi connectivity index (χ2v) is 5.47. The van der Waals surface area contributed by atoms with Crippen LogP contribution in [0.4, 0.5) is 8.78 Å².